The molecule has 29 heavy (non-hydrogen) atoms. The van der Waals surface area contributed by atoms with E-state index in [4.69, 9.17) is 18.9 Å². The van der Waals surface area contributed by atoms with Crippen LogP contribution in [-0.2, 0) is 25.5 Å². The first-order valence-electron chi connectivity index (χ1n) is 8.79. The molecule has 0 unspecified atom stereocenters. The Morgan fingerprint density at radius 1 is 0.897 bits per heavy atom. The van der Waals surface area contributed by atoms with Crippen LogP contribution in [0.3, 0.4) is 0 Å². The fourth-order valence-corrected chi connectivity index (χ4v) is 2.68. The Bertz CT molecular complexity index is 829. The largest absolute Gasteiger partial charge is 0.496 e. The minimum atomic E-state index is -0.908. The average molecular weight is 401 g/mol. The second-order valence-corrected chi connectivity index (χ2v) is 5.95. The molecule has 154 valence electrons. The molecule has 2 rings (SSSR count). The zero-order chi connectivity index (χ0) is 21.2. The van der Waals surface area contributed by atoms with E-state index in [1.807, 2.05) is 30.3 Å². The number of hydrogen-bond donors (Lipinski definition) is 1. The Hall–Kier alpha value is -3.55. The number of hydrogen-bond acceptors (Lipinski definition) is 7. The first-order chi connectivity index (χ1) is 14.0. The summed E-state index contributed by atoms with van der Waals surface area (Å²) in [5.41, 5.74) is 0.915. The molecule has 2 aromatic carbocycles. The van der Waals surface area contributed by atoms with E-state index >= 15 is 0 Å². The van der Waals surface area contributed by atoms with Crippen LogP contribution >= 0.6 is 0 Å². The highest BCUT2D eigenvalue weighted by Gasteiger charge is 2.24. The lowest BCUT2D eigenvalue weighted by atomic mass is 10.1. The maximum atomic E-state index is 12.4. The average Bonchev–Trinajstić information content (AvgIpc) is 2.76. The van der Waals surface area contributed by atoms with E-state index in [0.717, 1.165) is 5.56 Å². The van der Waals surface area contributed by atoms with Gasteiger partial charge >= 0.3 is 11.9 Å². The number of rotatable bonds is 9. The Kier molecular flexibility index (Phi) is 8.02. The molecule has 1 amide bonds. The van der Waals surface area contributed by atoms with E-state index in [1.54, 1.807) is 18.2 Å². The van der Waals surface area contributed by atoms with Crippen molar-refractivity contribution in [2.45, 2.75) is 12.5 Å². The fourth-order valence-electron chi connectivity index (χ4n) is 2.68. The minimum absolute atomic E-state index is 0.0686. The number of carbonyl (C=O) groups excluding carboxylic acids is 3. The van der Waals surface area contributed by atoms with Gasteiger partial charge in [0.2, 0.25) is 0 Å². The normalized spacial score (nSPS) is 11.1. The van der Waals surface area contributed by atoms with Crippen molar-refractivity contribution in [2.24, 2.45) is 0 Å². The van der Waals surface area contributed by atoms with Crippen molar-refractivity contribution in [1.29, 1.82) is 0 Å². The molecule has 0 aliphatic carbocycles. The van der Waals surface area contributed by atoms with Gasteiger partial charge in [-0.05, 0) is 17.7 Å². The predicted octanol–water partition coefficient (Wildman–Crippen LogP) is 1.76. The van der Waals surface area contributed by atoms with Crippen LogP contribution in [0.2, 0.25) is 0 Å². The zero-order valence-electron chi connectivity index (χ0n) is 16.5. The molecule has 0 aromatic heterocycles. The molecule has 1 N–H and O–H groups in total. The highest BCUT2D eigenvalue weighted by molar-refractivity contribution is 5.97. The lowest BCUT2D eigenvalue weighted by Crippen LogP contribution is -2.44. The van der Waals surface area contributed by atoms with Crippen molar-refractivity contribution in [3.8, 4) is 11.5 Å². The second-order valence-electron chi connectivity index (χ2n) is 5.95. The van der Waals surface area contributed by atoms with Gasteiger partial charge in [-0.15, -0.1) is 0 Å². The highest BCUT2D eigenvalue weighted by Crippen LogP contribution is 2.28. The molecule has 8 heteroatoms. The second kappa shape index (κ2) is 10.7. The number of esters is 2. The molecule has 0 aliphatic rings. The number of nitrogens with one attached hydrogen (secondary N) is 1. The van der Waals surface area contributed by atoms with Crippen molar-refractivity contribution >= 4 is 17.8 Å². The van der Waals surface area contributed by atoms with Gasteiger partial charge < -0.3 is 24.3 Å². The van der Waals surface area contributed by atoms with Gasteiger partial charge in [0.15, 0.2) is 6.61 Å². The van der Waals surface area contributed by atoms with Gasteiger partial charge in [0.25, 0.3) is 5.91 Å². The number of benzene rings is 2. The third kappa shape index (κ3) is 5.97. The van der Waals surface area contributed by atoms with Crippen LogP contribution in [0.1, 0.15) is 15.9 Å². The molecule has 0 aliphatic heterocycles. The van der Waals surface area contributed by atoms with Crippen LogP contribution < -0.4 is 14.8 Å². The predicted molar refractivity (Wildman–Crippen MR) is 104 cm³/mol. The molecule has 1 atom stereocenters. The topological polar surface area (TPSA) is 100 Å². The third-order valence-corrected chi connectivity index (χ3v) is 4.07. The van der Waals surface area contributed by atoms with Gasteiger partial charge in [0.1, 0.15) is 23.1 Å². The highest BCUT2D eigenvalue weighted by atomic mass is 16.5. The maximum absolute atomic E-state index is 12.4. The van der Waals surface area contributed by atoms with E-state index in [-0.39, 0.29) is 23.5 Å². The molecule has 0 fully saturated rings. The molecule has 0 radical (unpaired) electrons. The third-order valence-electron chi connectivity index (χ3n) is 4.07. The Morgan fingerprint density at radius 2 is 1.52 bits per heavy atom. The lowest BCUT2D eigenvalue weighted by Gasteiger charge is -2.17. The van der Waals surface area contributed by atoms with Crippen LogP contribution in [0.4, 0.5) is 0 Å². The number of methoxy groups -OCH3 is 3. The summed E-state index contributed by atoms with van der Waals surface area (Å²) in [6, 6.07) is 13.1. The van der Waals surface area contributed by atoms with E-state index in [1.165, 1.54) is 21.3 Å². The van der Waals surface area contributed by atoms with E-state index < -0.39 is 30.5 Å². The number of carbonyl (C=O) groups is 3. The summed E-state index contributed by atoms with van der Waals surface area (Å²) < 4.78 is 20.1. The molecule has 2 aromatic rings. The summed E-state index contributed by atoms with van der Waals surface area (Å²) in [4.78, 5) is 36.7. The van der Waals surface area contributed by atoms with Crippen LogP contribution in [0.15, 0.2) is 48.5 Å². The van der Waals surface area contributed by atoms with Crippen LogP contribution in [-0.4, -0.2) is 51.8 Å². The number of amides is 1. The lowest BCUT2D eigenvalue weighted by molar-refractivity contribution is -0.145. The fraction of sp³-hybridized carbons (Fsp3) is 0.286. The van der Waals surface area contributed by atoms with Crippen molar-refractivity contribution in [3.05, 3.63) is 59.7 Å². The van der Waals surface area contributed by atoms with Crippen LogP contribution in [0.25, 0.3) is 0 Å². The van der Waals surface area contributed by atoms with Gasteiger partial charge in [-0.3, -0.25) is 4.79 Å². The number of ether oxygens (including phenoxy) is 4. The van der Waals surface area contributed by atoms with Gasteiger partial charge in [-0.25, -0.2) is 9.59 Å². The molecule has 0 heterocycles. The summed E-state index contributed by atoms with van der Waals surface area (Å²) in [5.74, 6) is -1.51. The van der Waals surface area contributed by atoms with Crippen molar-refractivity contribution in [2.75, 3.05) is 27.9 Å². The van der Waals surface area contributed by atoms with Gasteiger partial charge in [-0.2, -0.15) is 0 Å². The van der Waals surface area contributed by atoms with Crippen molar-refractivity contribution in [3.63, 3.8) is 0 Å². The van der Waals surface area contributed by atoms with Crippen LogP contribution in [0.5, 0.6) is 11.5 Å². The van der Waals surface area contributed by atoms with E-state index in [9.17, 15) is 14.4 Å². The molecule has 0 saturated carbocycles. The Morgan fingerprint density at radius 3 is 2.07 bits per heavy atom. The monoisotopic (exact) mass is 401 g/mol. The quantitative estimate of drug-likeness (QED) is 0.639. The SMILES string of the molecule is COC(=O)[C@@H](Cc1ccccc1)NC(=O)COC(=O)c1c(OC)cccc1OC. The standard InChI is InChI=1S/C21H23NO7/c1-26-16-10-7-11-17(27-2)19(16)21(25)29-13-18(23)22-15(20(24)28-3)12-14-8-5-4-6-9-14/h4-11,15H,12-13H2,1-3H3,(H,22,23)/t15-/m1/s1. The van der Waals surface area contributed by atoms with Crippen molar-refractivity contribution in [1.82, 2.24) is 5.32 Å². The Balaban J connectivity index is 2.02. The first kappa shape index (κ1) is 21.7. The molecular formula is C21H23NO7. The minimum Gasteiger partial charge on any atom is -0.496 e. The summed E-state index contributed by atoms with van der Waals surface area (Å²) >= 11 is 0. The van der Waals surface area contributed by atoms with E-state index in [0.29, 0.717) is 0 Å². The van der Waals surface area contributed by atoms with Gasteiger partial charge in [0.05, 0.1) is 21.3 Å². The smallest absolute Gasteiger partial charge is 0.346 e. The molecule has 0 saturated heterocycles. The molecular weight excluding hydrogens is 378 g/mol. The summed E-state index contributed by atoms with van der Waals surface area (Å²) in [6.07, 6.45) is 0.244. The molecule has 0 bridgehead atoms. The molecule has 8 nitrogen and oxygen atoms in total. The van der Waals surface area contributed by atoms with E-state index in [2.05, 4.69) is 5.32 Å². The zero-order valence-corrected chi connectivity index (χ0v) is 16.5. The summed E-state index contributed by atoms with van der Waals surface area (Å²) in [6.45, 7) is -0.581. The van der Waals surface area contributed by atoms with Crippen LogP contribution in [0, 0.1) is 0 Å². The maximum Gasteiger partial charge on any atom is 0.346 e. The first-order valence-corrected chi connectivity index (χ1v) is 8.79. The van der Waals surface area contributed by atoms with Gasteiger partial charge in [0, 0.05) is 6.42 Å². The summed E-state index contributed by atoms with van der Waals surface area (Å²) in [5, 5.41) is 2.53. The molecule has 0 spiro atoms. The van der Waals surface area contributed by atoms with Gasteiger partial charge in [-0.1, -0.05) is 36.4 Å². The Labute approximate surface area is 168 Å². The van der Waals surface area contributed by atoms with Crippen molar-refractivity contribution < 1.29 is 33.3 Å². The summed E-state index contributed by atoms with van der Waals surface area (Å²) in [7, 11) is 4.05.